The van der Waals surface area contributed by atoms with E-state index < -0.39 is 29.2 Å². The molecule has 2 rings (SSSR count). The smallest absolute Gasteiger partial charge is 0.388 e. The molecule has 0 spiro atoms. The number of nitrogens with zero attached hydrogens (tertiary/aromatic N) is 2. The maximum Gasteiger partial charge on any atom is 0.416 e. The van der Waals surface area contributed by atoms with Crippen LogP contribution in [0.25, 0.3) is 0 Å². The van der Waals surface area contributed by atoms with Gasteiger partial charge in [-0.15, -0.1) is 0 Å². The number of aryl methyl sites for hydroxylation is 1. The fourth-order valence-electron chi connectivity index (χ4n) is 1.95. The number of hydrogen-bond acceptors (Lipinski definition) is 2. The van der Waals surface area contributed by atoms with Crippen molar-refractivity contribution in [3.05, 3.63) is 53.1 Å². The molecule has 0 bridgehead atoms. The Bertz CT molecular complexity index is 607. The van der Waals surface area contributed by atoms with Crippen LogP contribution in [0.1, 0.15) is 22.9 Å². The van der Waals surface area contributed by atoms with E-state index in [2.05, 4.69) is 5.10 Å². The first kappa shape index (κ1) is 14.5. The van der Waals surface area contributed by atoms with Crippen LogP contribution in [0.3, 0.4) is 0 Å². The van der Waals surface area contributed by atoms with Gasteiger partial charge in [-0.05, 0) is 29.8 Å². The fourth-order valence-corrected chi connectivity index (χ4v) is 1.95. The Kier molecular flexibility index (Phi) is 3.80. The molecule has 0 amide bonds. The van der Waals surface area contributed by atoms with Crippen LogP contribution >= 0.6 is 0 Å². The normalized spacial score (nSPS) is 13.5. The van der Waals surface area contributed by atoms with Gasteiger partial charge in [-0.1, -0.05) is 0 Å². The summed E-state index contributed by atoms with van der Waals surface area (Å²) in [6.07, 6.45) is -4.63. The largest absolute Gasteiger partial charge is 0.416 e. The molecule has 1 aromatic carbocycles. The molecular formula is C13H12F4N2O. The lowest BCUT2D eigenvalue weighted by atomic mass is 9.98. The highest BCUT2D eigenvalue weighted by atomic mass is 19.4. The summed E-state index contributed by atoms with van der Waals surface area (Å²) in [5, 5.41) is 13.9. The molecule has 1 atom stereocenters. The average molecular weight is 288 g/mol. The van der Waals surface area contributed by atoms with E-state index in [0.29, 0.717) is 17.8 Å². The van der Waals surface area contributed by atoms with Crippen molar-refractivity contribution >= 4 is 0 Å². The van der Waals surface area contributed by atoms with Gasteiger partial charge in [0.15, 0.2) is 0 Å². The number of aliphatic hydroxyl groups excluding tert-OH is 1. The summed E-state index contributed by atoms with van der Waals surface area (Å²) in [7, 11) is 1.65. The summed E-state index contributed by atoms with van der Waals surface area (Å²) < 4.78 is 53.1. The number of rotatable bonds is 3. The van der Waals surface area contributed by atoms with E-state index in [-0.39, 0.29) is 6.42 Å². The van der Waals surface area contributed by atoms with Crippen molar-refractivity contribution in [3.8, 4) is 0 Å². The molecule has 1 N–H and O–H groups in total. The summed E-state index contributed by atoms with van der Waals surface area (Å²) in [6.45, 7) is 0. The number of halogens is 4. The molecule has 0 radical (unpaired) electrons. The molecule has 108 valence electrons. The van der Waals surface area contributed by atoms with Crippen LogP contribution < -0.4 is 0 Å². The van der Waals surface area contributed by atoms with Crippen molar-refractivity contribution in [2.45, 2.75) is 18.7 Å². The second kappa shape index (κ2) is 5.24. The molecule has 0 aliphatic carbocycles. The molecule has 0 aliphatic rings. The van der Waals surface area contributed by atoms with E-state index >= 15 is 0 Å². The molecule has 7 heteroatoms. The zero-order valence-corrected chi connectivity index (χ0v) is 10.5. The van der Waals surface area contributed by atoms with E-state index in [0.717, 1.165) is 6.07 Å². The number of aromatic nitrogens is 2. The van der Waals surface area contributed by atoms with E-state index in [1.54, 1.807) is 19.3 Å². The van der Waals surface area contributed by atoms with Crippen LogP contribution in [0.5, 0.6) is 0 Å². The Hall–Kier alpha value is -1.89. The first-order valence-electron chi connectivity index (χ1n) is 5.80. The Morgan fingerprint density at radius 3 is 2.55 bits per heavy atom. The Labute approximate surface area is 112 Å². The van der Waals surface area contributed by atoms with Crippen LogP contribution in [-0.2, 0) is 19.6 Å². The molecule has 0 saturated carbocycles. The molecule has 1 heterocycles. The molecular weight excluding hydrogens is 276 g/mol. The second-order valence-corrected chi connectivity index (χ2v) is 4.43. The maximum absolute atomic E-state index is 13.1. The van der Waals surface area contributed by atoms with Crippen molar-refractivity contribution in [3.63, 3.8) is 0 Å². The SMILES string of the molecule is Cn1ccc(CC(O)c2cc(F)ccc2C(F)(F)F)n1. The summed E-state index contributed by atoms with van der Waals surface area (Å²) in [5.41, 5.74) is -1.09. The molecule has 1 aromatic heterocycles. The minimum Gasteiger partial charge on any atom is -0.388 e. The quantitative estimate of drug-likeness (QED) is 0.882. The highest BCUT2D eigenvalue weighted by Crippen LogP contribution is 2.35. The minimum atomic E-state index is -4.64. The highest BCUT2D eigenvalue weighted by molar-refractivity contribution is 5.33. The van der Waals surface area contributed by atoms with Gasteiger partial charge in [-0.25, -0.2) is 4.39 Å². The van der Waals surface area contributed by atoms with Crippen molar-refractivity contribution in [1.82, 2.24) is 9.78 Å². The molecule has 0 saturated heterocycles. The lowest BCUT2D eigenvalue weighted by Gasteiger charge is -2.17. The van der Waals surface area contributed by atoms with E-state index in [9.17, 15) is 22.7 Å². The summed E-state index contributed by atoms with van der Waals surface area (Å²) in [5.74, 6) is -0.826. The van der Waals surface area contributed by atoms with Gasteiger partial charge in [0.1, 0.15) is 5.82 Å². The van der Waals surface area contributed by atoms with Crippen molar-refractivity contribution in [2.24, 2.45) is 7.05 Å². The van der Waals surface area contributed by atoms with Crippen molar-refractivity contribution in [1.29, 1.82) is 0 Å². The Morgan fingerprint density at radius 2 is 2.00 bits per heavy atom. The van der Waals surface area contributed by atoms with Gasteiger partial charge >= 0.3 is 6.18 Å². The van der Waals surface area contributed by atoms with Gasteiger partial charge in [0.25, 0.3) is 0 Å². The Morgan fingerprint density at radius 1 is 1.30 bits per heavy atom. The molecule has 1 unspecified atom stereocenters. The Balaban J connectivity index is 2.33. The van der Waals surface area contributed by atoms with E-state index in [1.165, 1.54) is 4.68 Å². The van der Waals surface area contributed by atoms with Crippen molar-refractivity contribution < 1.29 is 22.7 Å². The first-order chi connectivity index (χ1) is 9.27. The standard InChI is InChI=1S/C13H12F4N2O/c1-19-5-4-9(18-19)7-12(20)10-6-8(14)2-3-11(10)13(15,16)17/h2-6,12,20H,7H2,1H3. The molecule has 0 aliphatic heterocycles. The van der Waals surface area contributed by atoms with Crippen LogP contribution in [0, 0.1) is 5.82 Å². The van der Waals surface area contributed by atoms with E-state index in [1.807, 2.05) is 0 Å². The third kappa shape index (κ3) is 3.16. The highest BCUT2D eigenvalue weighted by Gasteiger charge is 2.35. The second-order valence-electron chi connectivity index (χ2n) is 4.43. The molecule has 20 heavy (non-hydrogen) atoms. The molecule has 0 fully saturated rings. The predicted octanol–water partition coefficient (Wildman–Crippen LogP) is 2.85. The van der Waals surface area contributed by atoms with E-state index in [4.69, 9.17) is 0 Å². The number of hydrogen-bond donors (Lipinski definition) is 1. The third-order valence-corrected chi connectivity index (χ3v) is 2.85. The molecule has 3 nitrogen and oxygen atoms in total. The molecule has 2 aromatic rings. The number of aliphatic hydroxyl groups is 1. The first-order valence-corrected chi connectivity index (χ1v) is 5.80. The van der Waals surface area contributed by atoms with Crippen LogP contribution in [-0.4, -0.2) is 14.9 Å². The van der Waals surface area contributed by atoms with Crippen LogP contribution in [0.15, 0.2) is 30.5 Å². The zero-order chi connectivity index (χ0) is 14.9. The van der Waals surface area contributed by atoms with Crippen molar-refractivity contribution in [2.75, 3.05) is 0 Å². The van der Waals surface area contributed by atoms with Crippen LogP contribution in [0.4, 0.5) is 17.6 Å². The van der Waals surface area contributed by atoms with Gasteiger partial charge < -0.3 is 5.11 Å². The minimum absolute atomic E-state index is 0.118. The lowest BCUT2D eigenvalue weighted by molar-refractivity contribution is -0.139. The monoisotopic (exact) mass is 288 g/mol. The van der Waals surface area contributed by atoms with Gasteiger partial charge in [-0.3, -0.25) is 4.68 Å². The average Bonchev–Trinajstić information content (AvgIpc) is 2.73. The van der Waals surface area contributed by atoms with Gasteiger partial charge in [0.05, 0.1) is 17.4 Å². The van der Waals surface area contributed by atoms with Gasteiger partial charge in [0, 0.05) is 19.7 Å². The predicted molar refractivity (Wildman–Crippen MR) is 63.3 cm³/mol. The summed E-state index contributed by atoms with van der Waals surface area (Å²) in [4.78, 5) is 0. The maximum atomic E-state index is 13.1. The van der Waals surface area contributed by atoms with Gasteiger partial charge in [-0.2, -0.15) is 18.3 Å². The fraction of sp³-hybridized carbons (Fsp3) is 0.308. The number of alkyl halides is 3. The summed E-state index contributed by atoms with van der Waals surface area (Å²) >= 11 is 0. The number of benzene rings is 1. The topological polar surface area (TPSA) is 38.0 Å². The van der Waals surface area contributed by atoms with Crippen LogP contribution in [0.2, 0.25) is 0 Å². The third-order valence-electron chi connectivity index (χ3n) is 2.85. The lowest BCUT2D eigenvalue weighted by Crippen LogP contribution is -2.14. The zero-order valence-electron chi connectivity index (χ0n) is 10.5. The summed E-state index contributed by atoms with van der Waals surface area (Å²) in [6, 6.07) is 3.64. The van der Waals surface area contributed by atoms with Gasteiger partial charge in [0.2, 0.25) is 0 Å².